The number of hydrogen-bond acceptors (Lipinski definition) is 20. The molecule has 0 atom stereocenters. The van der Waals surface area contributed by atoms with Crippen LogP contribution in [0.1, 0.15) is 0 Å². The van der Waals surface area contributed by atoms with Crippen molar-refractivity contribution in [2.24, 2.45) is 0 Å². The van der Waals surface area contributed by atoms with Gasteiger partial charge < -0.3 is 39.8 Å². The van der Waals surface area contributed by atoms with Crippen molar-refractivity contribution in [3.8, 4) is 45.0 Å². The van der Waals surface area contributed by atoms with Crippen LogP contribution < -0.4 is 22.1 Å². The van der Waals surface area contributed by atoms with Gasteiger partial charge in [0.25, 0.3) is 0 Å². The lowest BCUT2D eigenvalue weighted by Gasteiger charge is -2.12. The number of nitrogens with one attached hydrogen (secondary N) is 2. The molecule has 0 unspecified atom stereocenters. The minimum absolute atomic E-state index is 0.262. The Bertz CT molecular complexity index is 7990. The van der Waals surface area contributed by atoms with Crippen molar-refractivity contribution in [2.45, 2.75) is 0 Å². The molecule has 24 aromatic rings. The van der Waals surface area contributed by atoms with Crippen LogP contribution in [-0.4, -0.2) is 59.8 Å². The maximum absolute atomic E-state index is 6.09. The van der Waals surface area contributed by atoms with Gasteiger partial charge in [-0.3, -0.25) is 19.9 Å². The molecule has 6 N–H and O–H groups in total. The SMILES string of the molecule is Nc1nc(-c2ccc3oc4ccncc4c3c2)c2ccc3ccccc3c2n1.Nc1nc(-c2ccc3oc4ccncc4c3c2)c2ccccc2n1.c1ccc(Nc2nc(-c3ccc4oc5ccncc5c4c3)c3ccc4ccccc4c3n2)cc1.c1ccc(Nc2nc(-c3ccc4oc5ccncc5c4c3)c3ccccc3n2)cc1. The summed E-state index contributed by atoms with van der Waals surface area (Å²) >= 11 is 0. The first-order valence-electron chi connectivity index (χ1n) is 37.4. The zero-order chi connectivity index (χ0) is 77.2. The summed E-state index contributed by atoms with van der Waals surface area (Å²) in [5.41, 5.74) is 31.3. The number of rotatable bonds is 8. The van der Waals surface area contributed by atoms with Crippen LogP contribution in [0, 0.1) is 0 Å². The lowest BCUT2D eigenvalue weighted by molar-refractivity contribution is 0.668. The summed E-state index contributed by atoms with van der Waals surface area (Å²) in [6, 6.07) is 92.6. The fraction of sp³-hybridized carbons (Fsp3) is 0. The Kier molecular flexibility index (Phi) is 16.6. The number of nitrogens with zero attached hydrogens (tertiary/aromatic N) is 12. The van der Waals surface area contributed by atoms with E-state index in [-0.39, 0.29) is 11.9 Å². The van der Waals surface area contributed by atoms with Gasteiger partial charge >= 0.3 is 0 Å². The Hall–Kier alpha value is -16.5. The monoisotopic (exact) mass is 1500 g/mol. The molecule has 0 radical (unpaired) electrons. The van der Waals surface area contributed by atoms with Gasteiger partial charge in [-0.1, -0.05) is 133 Å². The van der Waals surface area contributed by atoms with Crippen LogP contribution >= 0.6 is 0 Å². The summed E-state index contributed by atoms with van der Waals surface area (Å²) in [6.07, 6.45) is 14.3. The van der Waals surface area contributed by atoms with Gasteiger partial charge in [-0.15, -0.1) is 0 Å². The quantitative estimate of drug-likeness (QED) is 0.103. The Morgan fingerprint density at radius 2 is 0.543 bits per heavy atom. The predicted molar refractivity (Wildman–Crippen MR) is 463 cm³/mol. The van der Waals surface area contributed by atoms with E-state index in [1.54, 1.807) is 24.8 Å². The number of anilines is 6. The van der Waals surface area contributed by atoms with Crippen LogP contribution in [0.4, 0.5) is 35.2 Å². The van der Waals surface area contributed by atoms with Gasteiger partial charge in [0.1, 0.15) is 44.7 Å². The lowest BCUT2D eigenvalue weighted by atomic mass is 10.0. The molecule has 0 saturated carbocycles. The highest BCUT2D eigenvalue weighted by molar-refractivity contribution is 6.15. The number of nitrogens with two attached hydrogens (primary N) is 2. The highest BCUT2D eigenvalue weighted by Crippen LogP contribution is 2.41. The third-order valence-corrected chi connectivity index (χ3v) is 20.7. The zero-order valence-electron chi connectivity index (χ0n) is 61.3. The van der Waals surface area contributed by atoms with Crippen molar-refractivity contribution in [2.75, 3.05) is 22.1 Å². The third-order valence-electron chi connectivity index (χ3n) is 20.7. The van der Waals surface area contributed by atoms with E-state index in [2.05, 4.69) is 135 Å². The van der Waals surface area contributed by atoms with Crippen LogP contribution in [0.5, 0.6) is 0 Å². The van der Waals surface area contributed by atoms with Crippen molar-refractivity contribution in [1.29, 1.82) is 0 Å². The molecule has 0 spiro atoms. The molecule has 0 fully saturated rings. The summed E-state index contributed by atoms with van der Waals surface area (Å²) in [5, 5.41) is 23.1. The van der Waals surface area contributed by atoms with Crippen molar-refractivity contribution >= 4 is 188 Å². The largest absolute Gasteiger partial charge is 0.456 e. The fourth-order valence-electron chi connectivity index (χ4n) is 15.3. The summed E-state index contributed by atoms with van der Waals surface area (Å²) in [7, 11) is 0. The number of benzene rings is 12. The number of aromatic nitrogens is 12. The van der Waals surface area contributed by atoms with E-state index in [0.717, 1.165) is 209 Å². The molecular weight excluding hydrogens is 1440 g/mol. The van der Waals surface area contributed by atoms with E-state index in [9.17, 15) is 0 Å². The molecule has 12 aromatic heterocycles. The number of para-hydroxylation sites is 4. The average Bonchev–Trinajstić information content (AvgIpc) is 1.36. The molecule has 20 nitrogen and oxygen atoms in total. The van der Waals surface area contributed by atoms with Crippen molar-refractivity contribution in [1.82, 2.24) is 59.8 Å². The number of pyridine rings is 4. The molecule has 0 aliphatic heterocycles. The normalized spacial score (nSPS) is 11.5. The Morgan fingerprint density at radius 3 is 0.966 bits per heavy atom. The standard InChI is InChI=1S/C29H18N4O.C25H16N4O.C23H14N4O.C19H12N4O/c1-2-7-20(8-3-1)31-29-32-27(22-12-10-18-6-4-5-9-21(18)28(22)33-29)19-11-13-25-23(16-19)24-17-30-15-14-26(24)34-25;1-2-6-17(7-3-1)27-25-28-21-9-5-4-8-18(21)24(29-25)16-10-11-22-19(14-16)20-15-26-13-12-23(20)30-22;24-23-26-21(16-7-5-13-3-1-2-4-15(13)22(16)27-23)14-6-8-19-17(11-14)18-12-25-10-9-20(18)28-19;20-19-22-15-4-2-1-3-12(15)18(23-19)11-5-6-16-13(9-11)14-10-21-8-7-17(14)24-16/h1-17H,(H,31,32,33);1-15H,(H,27,28,29);1-12H,(H2,24,26,27);1-10H,(H2,20,22,23). The maximum atomic E-state index is 6.09. The number of hydrogen-bond donors (Lipinski definition) is 4. The van der Waals surface area contributed by atoms with E-state index in [0.29, 0.717) is 11.9 Å². The van der Waals surface area contributed by atoms with Crippen molar-refractivity contribution < 1.29 is 17.7 Å². The summed E-state index contributed by atoms with van der Waals surface area (Å²) in [5.74, 6) is 1.65. The van der Waals surface area contributed by atoms with Gasteiger partial charge in [0.2, 0.25) is 23.8 Å². The first kappa shape index (κ1) is 67.6. The Labute approximate surface area is 657 Å². The summed E-state index contributed by atoms with van der Waals surface area (Å²) < 4.78 is 23.7. The second-order valence-electron chi connectivity index (χ2n) is 27.8. The summed E-state index contributed by atoms with van der Waals surface area (Å²) in [6.45, 7) is 0. The molecule has 0 aliphatic carbocycles. The molecule has 0 amide bonds. The van der Waals surface area contributed by atoms with E-state index in [1.165, 1.54) is 0 Å². The Balaban J connectivity index is 0.0000000973. The number of furan rings is 4. The minimum Gasteiger partial charge on any atom is -0.456 e. The molecule has 0 aliphatic rings. The van der Waals surface area contributed by atoms with Crippen LogP contribution in [0.15, 0.2) is 346 Å². The summed E-state index contributed by atoms with van der Waals surface area (Å²) in [4.78, 5) is 54.3. The topological polar surface area (TPSA) is 283 Å². The number of fused-ring (bicyclic) bond motifs is 20. The molecule has 12 heterocycles. The molecule has 116 heavy (non-hydrogen) atoms. The zero-order valence-corrected chi connectivity index (χ0v) is 61.3. The second kappa shape index (κ2) is 28.4. The van der Waals surface area contributed by atoms with Gasteiger partial charge in [-0.25, -0.2) is 39.9 Å². The molecule has 0 saturated heterocycles. The predicted octanol–water partition coefficient (Wildman–Crippen LogP) is 23.3. The first-order chi connectivity index (χ1) is 57.2. The van der Waals surface area contributed by atoms with Crippen LogP contribution in [0.2, 0.25) is 0 Å². The van der Waals surface area contributed by atoms with Crippen LogP contribution in [0.3, 0.4) is 0 Å². The molecule has 24 rings (SSSR count). The van der Waals surface area contributed by atoms with E-state index >= 15 is 0 Å². The van der Waals surface area contributed by atoms with Gasteiger partial charge in [-0.2, -0.15) is 0 Å². The Morgan fingerprint density at radius 1 is 0.224 bits per heavy atom. The smallest absolute Gasteiger partial charge is 0.228 e. The minimum atomic E-state index is 0.262. The molecule has 12 aromatic carbocycles. The van der Waals surface area contributed by atoms with Gasteiger partial charge in [0.05, 0.1) is 44.8 Å². The fourth-order valence-corrected chi connectivity index (χ4v) is 15.3. The molecule has 548 valence electrons. The van der Waals surface area contributed by atoms with E-state index in [4.69, 9.17) is 49.1 Å². The molecular formula is C96H60N16O4. The van der Waals surface area contributed by atoms with Crippen LogP contribution in [0.25, 0.3) is 198 Å². The number of nitrogen functional groups attached to an aromatic ring is 2. The highest BCUT2D eigenvalue weighted by atomic mass is 16.3. The molecule has 20 heteroatoms. The van der Waals surface area contributed by atoms with Gasteiger partial charge in [0.15, 0.2) is 0 Å². The van der Waals surface area contributed by atoms with Gasteiger partial charge in [0, 0.05) is 159 Å². The first-order valence-corrected chi connectivity index (χ1v) is 37.4. The van der Waals surface area contributed by atoms with Crippen molar-refractivity contribution in [3.05, 3.63) is 329 Å². The molecule has 0 bridgehead atoms. The van der Waals surface area contributed by atoms with E-state index in [1.807, 2.05) is 219 Å². The maximum Gasteiger partial charge on any atom is 0.228 e. The van der Waals surface area contributed by atoms with E-state index < -0.39 is 0 Å². The lowest BCUT2D eigenvalue weighted by Crippen LogP contribution is -2.00. The third kappa shape index (κ3) is 12.5. The van der Waals surface area contributed by atoms with Gasteiger partial charge in [-0.05, 0) is 156 Å². The highest BCUT2D eigenvalue weighted by Gasteiger charge is 2.21. The van der Waals surface area contributed by atoms with Crippen molar-refractivity contribution in [3.63, 3.8) is 0 Å². The average molecular weight is 1500 g/mol. The van der Waals surface area contributed by atoms with Crippen LogP contribution in [-0.2, 0) is 0 Å². The second-order valence-corrected chi connectivity index (χ2v) is 27.8.